The van der Waals surface area contributed by atoms with Crippen LogP contribution in [0.15, 0.2) is 0 Å². The first kappa shape index (κ1) is 12.5. The summed E-state index contributed by atoms with van der Waals surface area (Å²) in [5.74, 6) is 1.35. The SMILES string of the molecule is CCS(=O)(=O)NCC1CCCC1CBr. The lowest BCUT2D eigenvalue weighted by Gasteiger charge is -2.17. The highest BCUT2D eigenvalue weighted by Crippen LogP contribution is 2.32. The summed E-state index contributed by atoms with van der Waals surface area (Å²) < 4.78 is 25.1. The number of sulfonamides is 1. The number of hydrogen-bond donors (Lipinski definition) is 1. The first-order chi connectivity index (χ1) is 6.59. The van der Waals surface area contributed by atoms with Gasteiger partial charge < -0.3 is 0 Å². The van der Waals surface area contributed by atoms with E-state index in [9.17, 15) is 8.42 Å². The van der Waals surface area contributed by atoms with Crippen LogP contribution in [0.25, 0.3) is 0 Å². The maximum Gasteiger partial charge on any atom is 0.211 e. The average molecular weight is 284 g/mol. The molecule has 1 rings (SSSR count). The van der Waals surface area contributed by atoms with Gasteiger partial charge in [0.1, 0.15) is 0 Å². The summed E-state index contributed by atoms with van der Waals surface area (Å²) in [4.78, 5) is 0. The zero-order valence-electron chi connectivity index (χ0n) is 8.50. The molecule has 0 aromatic rings. The first-order valence-electron chi connectivity index (χ1n) is 5.12. The summed E-state index contributed by atoms with van der Waals surface area (Å²) in [6.45, 7) is 2.28. The second-order valence-corrected chi connectivity index (χ2v) is 6.60. The molecule has 0 radical (unpaired) electrons. The van der Waals surface area contributed by atoms with Crippen molar-refractivity contribution in [1.82, 2.24) is 4.72 Å². The lowest BCUT2D eigenvalue weighted by atomic mass is 9.99. The van der Waals surface area contributed by atoms with Crippen molar-refractivity contribution < 1.29 is 8.42 Å². The van der Waals surface area contributed by atoms with Crippen LogP contribution in [-0.2, 0) is 10.0 Å². The van der Waals surface area contributed by atoms with Crippen molar-refractivity contribution in [2.75, 3.05) is 17.6 Å². The predicted molar refractivity (Wildman–Crippen MR) is 62.1 cm³/mol. The molecule has 1 N–H and O–H groups in total. The molecule has 0 heterocycles. The van der Waals surface area contributed by atoms with E-state index in [0.717, 1.165) is 11.8 Å². The average Bonchev–Trinajstić information content (AvgIpc) is 2.62. The van der Waals surface area contributed by atoms with Gasteiger partial charge in [0.15, 0.2) is 0 Å². The van der Waals surface area contributed by atoms with E-state index in [0.29, 0.717) is 18.4 Å². The molecule has 0 amide bonds. The zero-order chi connectivity index (χ0) is 10.6. The molecule has 0 saturated heterocycles. The highest BCUT2D eigenvalue weighted by atomic mass is 79.9. The maximum absolute atomic E-state index is 11.2. The van der Waals surface area contributed by atoms with E-state index in [4.69, 9.17) is 0 Å². The normalized spacial score (nSPS) is 28.1. The van der Waals surface area contributed by atoms with Gasteiger partial charge in [0, 0.05) is 11.9 Å². The molecule has 0 spiro atoms. The third-order valence-corrected chi connectivity index (χ3v) is 5.16. The summed E-state index contributed by atoms with van der Waals surface area (Å²) in [6.07, 6.45) is 3.61. The predicted octanol–water partition coefficient (Wildman–Crippen LogP) is 1.74. The second kappa shape index (κ2) is 5.47. The Balaban J connectivity index is 2.38. The van der Waals surface area contributed by atoms with Gasteiger partial charge in [0.2, 0.25) is 10.0 Å². The molecule has 84 valence electrons. The van der Waals surface area contributed by atoms with Gasteiger partial charge >= 0.3 is 0 Å². The van der Waals surface area contributed by atoms with E-state index in [1.54, 1.807) is 6.92 Å². The molecule has 1 fully saturated rings. The molecule has 0 aliphatic heterocycles. The fraction of sp³-hybridized carbons (Fsp3) is 1.00. The van der Waals surface area contributed by atoms with Crippen molar-refractivity contribution in [2.45, 2.75) is 26.2 Å². The highest BCUT2D eigenvalue weighted by Gasteiger charge is 2.26. The van der Waals surface area contributed by atoms with Gasteiger partial charge in [0.05, 0.1) is 5.75 Å². The minimum absolute atomic E-state index is 0.179. The minimum atomic E-state index is -3.00. The molecule has 0 aromatic heterocycles. The van der Waals surface area contributed by atoms with Crippen LogP contribution in [0.4, 0.5) is 0 Å². The maximum atomic E-state index is 11.2. The molecule has 0 bridgehead atoms. The third kappa shape index (κ3) is 3.51. The number of alkyl halides is 1. The molecule has 2 unspecified atom stereocenters. The number of halogens is 1. The van der Waals surface area contributed by atoms with E-state index in [1.807, 2.05) is 0 Å². The molecule has 3 nitrogen and oxygen atoms in total. The van der Waals surface area contributed by atoms with Crippen molar-refractivity contribution in [2.24, 2.45) is 11.8 Å². The van der Waals surface area contributed by atoms with Crippen LogP contribution >= 0.6 is 15.9 Å². The summed E-state index contributed by atoms with van der Waals surface area (Å²) in [5.41, 5.74) is 0. The van der Waals surface area contributed by atoms with Crippen LogP contribution in [0.3, 0.4) is 0 Å². The second-order valence-electron chi connectivity index (χ2n) is 3.86. The van der Waals surface area contributed by atoms with Crippen LogP contribution in [0.1, 0.15) is 26.2 Å². The number of nitrogens with one attached hydrogen (secondary N) is 1. The highest BCUT2D eigenvalue weighted by molar-refractivity contribution is 9.09. The fourth-order valence-electron chi connectivity index (χ4n) is 1.92. The van der Waals surface area contributed by atoms with Gasteiger partial charge in [-0.15, -0.1) is 0 Å². The van der Waals surface area contributed by atoms with Crippen LogP contribution < -0.4 is 4.72 Å². The zero-order valence-corrected chi connectivity index (χ0v) is 10.9. The van der Waals surface area contributed by atoms with E-state index < -0.39 is 10.0 Å². The Bertz CT molecular complexity index is 266. The molecule has 1 saturated carbocycles. The Morgan fingerprint density at radius 2 is 2.00 bits per heavy atom. The Hall–Kier alpha value is 0.390. The quantitative estimate of drug-likeness (QED) is 0.782. The minimum Gasteiger partial charge on any atom is -0.215 e. The summed E-state index contributed by atoms with van der Waals surface area (Å²) in [6, 6.07) is 0. The molecular formula is C9H18BrNO2S. The molecule has 2 atom stereocenters. The van der Waals surface area contributed by atoms with Gasteiger partial charge in [-0.1, -0.05) is 22.4 Å². The Morgan fingerprint density at radius 1 is 1.36 bits per heavy atom. The standard InChI is InChI=1S/C9H18BrNO2S/c1-2-14(12,13)11-7-9-5-3-4-8(9)6-10/h8-9,11H,2-7H2,1H3. The summed E-state index contributed by atoms with van der Waals surface area (Å²) >= 11 is 3.48. The molecule has 1 aliphatic rings. The van der Waals surface area contributed by atoms with Gasteiger partial charge in [-0.05, 0) is 31.6 Å². The van der Waals surface area contributed by atoms with E-state index in [2.05, 4.69) is 20.7 Å². The smallest absolute Gasteiger partial charge is 0.211 e. The van der Waals surface area contributed by atoms with Gasteiger partial charge in [-0.2, -0.15) is 0 Å². The van der Waals surface area contributed by atoms with Crippen LogP contribution in [-0.4, -0.2) is 26.0 Å². The van der Waals surface area contributed by atoms with Crippen molar-refractivity contribution in [3.63, 3.8) is 0 Å². The van der Waals surface area contributed by atoms with E-state index in [-0.39, 0.29) is 5.75 Å². The molecule has 1 aliphatic carbocycles. The molecular weight excluding hydrogens is 266 g/mol. The van der Waals surface area contributed by atoms with E-state index >= 15 is 0 Å². The van der Waals surface area contributed by atoms with E-state index in [1.165, 1.54) is 12.8 Å². The molecule has 0 aromatic carbocycles. The summed E-state index contributed by atoms with van der Waals surface area (Å²) in [7, 11) is -3.00. The van der Waals surface area contributed by atoms with Gasteiger partial charge in [0.25, 0.3) is 0 Å². The fourth-order valence-corrected chi connectivity index (χ4v) is 3.45. The van der Waals surface area contributed by atoms with Crippen LogP contribution in [0.2, 0.25) is 0 Å². The van der Waals surface area contributed by atoms with Crippen LogP contribution in [0, 0.1) is 11.8 Å². The third-order valence-electron chi connectivity index (χ3n) is 2.96. The first-order valence-corrected chi connectivity index (χ1v) is 7.89. The van der Waals surface area contributed by atoms with Crippen molar-refractivity contribution in [3.05, 3.63) is 0 Å². The van der Waals surface area contributed by atoms with Crippen molar-refractivity contribution in [1.29, 1.82) is 0 Å². The number of rotatable bonds is 5. The van der Waals surface area contributed by atoms with Gasteiger partial charge in [-0.3, -0.25) is 0 Å². The van der Waals surface area contributed by atoms with Gasteiger partial charge in [-0.25, -0.2) is 13.1 Å². The lowest BCUT2D eigenvalue weighted by Crippen LogP contribution is -2.32. The largest absolute Gasteiger partial charge is 0.215 e. The molecule has 14 heavy (non-hydrogen) atoms. The molecule has 5 heteroatoms. The number of hydrogen-bond acceptors (Lipinski definition) is 2. The summed E-state index contributed by atoms with van der Waals surface area (Å²) in [5, 5.41) is 0.992. The Morgan fingerprint density at radius 3 is 2.57 bits per heavy atom. The van der Waals surface area contributed by atoms with Crippen LogP contribution in [0.5, 0.6) is 0 Å². The Kier molecular flexibility index (Phi) is 4.87. The Labute approximate surface area is 94.8 Å². The topological polar surface area (TPSA) is 46.2 Å². The van der Waals surface area contributed by atoms with Crippen molar-refractivity contribution in [3.8, 4) is 0 Å². The monoisotopic (exact) mass is 283 g/mol. The van der Waals surface area contributed by atoms with Crippen molar-refractivity contribution >= 4 is 26.0 Å². The lowest BCUT2D eigenvalue weighted by molar-refractivity contribution is 0.422.